The highest BCUT2D eigenvalue weighted by molar-refractivity contribution is 7.89. The number of piperidine rings is 1. The minimum atomic E-state index is -3.68. The Labute approximate surface area is 217 Å². The predicted molar refractivity (Wildman–Crippen MR) is 140 cm³/mol. The zero-order chi connectivity index (χ0) is 25.7. The van der Waals surface area contributed by atoms with Gasteiger partial charge in [-0.2, -0.15) is 0 Å². The molecule has 8 nitrogen and oxygen atoms in total. The summed E-state index contributed by atoms with van der Waals surface area (Å²) in [5, 5.41) is 0.669. The second-order valence-electron chi connectivity index (χ2n) is 8.54. The van der Waals surface area contributed by atoms with Gasteiger partial charge in [-0.1, -0.05) is 11.6 Å². The number of nitrogens with zero attached hydrogens (tertiary/aromatic N) is 3. The highest BCUT2D eigenvalue weighted by atomic mass is 35.5. The van der Waals surface area contributed by atoms with Crippen LogP contribution in [0.15, 0.2) is 65.7 Å². The van der Waals surface area contributed by atoms with Crippen molar-refractivity contribution in [1.82, 2.24) is 9.29 Å². The maximum absolute atomic E-state index is 12.8. The zero-order valence-electron chi connectivity index (χ0n) is 20.6. The number of sulfonamides is 1. The maximum atomic E-state index is 12.8. The summed E-state index contributed by atoms with van der Waals surface area (Å²) in [4.78, 5) is 6.69. The first kappa shape index (κ1) is 26.1. The predicted octanol–water partition coefficient (Wildman–Crippen LogP) is 5.22. The molecule has 36 heavy (non-hydrogen) atoms. The van der Waals surface area contributed by atoms with E-state index in [1.807, 2.05) is 43.3 Å². The Morgan fingerprint density at radius 1 is 1.00 bits per heavy atom. The molecule has 2 aromatic carbocycles. The average Bonchev–Trinajstić information content (AvgIpc) is 2.87. The van der Waals surface area contributed by atoms with Gasteiger partial charge in [0.1, 0.15) is 28.2 Å². The molecular weight excluding hydrogens is 502 g/mol. The van der Waals surface area contributed by atoms with Crippen molar-refractivity contribution >= 4 is 27.4 Å². The molecule has 4 rings (SSSR count). The lowest BCUT2D eigenvalue weighted by Gasteiger charge is -2.33. The van der Waals surface area contributed by atoms with Gasteiger partial charge >= 0.3 is 0 Å². The number of hydrogen-bond acceptors (Lipinski definition) is 7. The number of halogens is 1. The smallest absolute Gasteiger partial charge is 0.244 e. The van der Waals surface area contributed by atoms with E-state index in [4.69, 9.17) is 25.8 Å². The van der Waals surface area contributed by atoms with Gasteiger partial charge in [0, 0.05) is 57.3 Å². The molecule has 0 spiro atoms. The summed E-state index contributed by atoms with van der Waals surface area (Å²) in [6.45, 7) is 3.86. The first-order valence-electron chi connectivity index (χ1n) is 11.8. The van der Waals surface area contributed by atoms with Crippen LogP contribution in [0.1, 0.15) is 19.8 Å². The summed E-state index contributed by atoms with van der Waals surface area (Å²) in [5.74, 6) is 3.04. The first-order valence-corrected chi connectivity index (χ1v) is 13.6. The summed E-state index contributed by atoms with van der Waals surface area (Å²) in [6, 6.07) is 16.1. The van der Waals surface area contributed by atoms with Crippen LogP contribution >= 0.6 is 11.6 Å². The van der Waals surface area contributed by atoms with Gasteiger partial charge in [0.15, 0.2) is 11.6 Å². The van der Waals surface area contributed by atoms with Crippen LogP contribution in [-0.2, 0) is 10.0 Å². The Bertz CT molecular complexity index is 1260. The fraction of sp³-hybridized carbons (Fsp3) is 0.346. The fourth-order valence-electron chi connectivity index (χ4n) is 3.87. The lowest BCUT2D eigenvalue weighted by molar-refractivity contribution is 0.170. The molecule has 1 fully saturated rings. The Morgan fingerprint density at radius 2 is 1.61 bits per heavy atom. The third kappa shape index (κ3) is 6.21. The molecule has 0 radical (unpaired) electrons. The molecule has 0 N–H and O–H groups in total. The van der Waals surface area contributed by atoms with Crippen LogP contribution in [0.3, 0.4) is 0 Å². The Morgan fingerprint density at radius 3 is 2.22 bits per heavy atom. The zero-order valence-corrected chi connectivity index (χ0v) is 22.1. The summed E-state index contributed by atoms with van der Waals surface area (Å²) < 4.78 is 44.4. The largest absolute Gasteiger partial charge is 0.494 e. The number of ether oxygens (including phenoxy) is 3. The quantitative estimate of drug-likeness (QED) is 0.374. The second kappa shape index (κ2) is 11.4. The molecule has 10 heteroatoms. The van der Waals surface area contributed by atoms with Crippen molar-refractivity contribution in [2.75, 3.05) is 38.7 Å². The number of hydrogen-bond donors (Lipinski definition) is 0. The van der Waals surface area contributed by atoms with Gasteiger partial charge in [-0.25, -0.2) is 17.7 Å². The molecule has 0 unspecified atom stereocenters. The van der Waals surface area contributed by atoms with Gasteiger partial charge in [0.2, 0.25) is 10.0 Å². The molecule has 1 aromatic heterocycles. The second-order valence-corrected chi connectivity index (χ2v) is 11.1. The van der Waals surface area contributed by atoms with Gasteiger partial charge in [-0.3, -0.25) is 0 Å². The van der Waals surface area contributed by atoms with Crippen molar-refractivity contribution in [1.29, 1.82) is 0 Å². The van der Waals surface area contributed by atoms with Gasteiger partial charge in [-0.05, 0) is 55.5 Å². The Kier molecular flexibility index (Phi) is 8.23. The highest BCUT2D eigenvalue weighted by Gasteiger charge is 2.26. The number of aromatic nitrogens is 1. The van der Waals surface area contributed by atoms with E-state index in [0.29, 0.717) is 42.0 Å². The SMILES string of the molecule is CCOc1ccc(Oc2cc(S(=O)(=O)N(C)C)cnc2N2CCC(Oc3ccc(Cl)cc3)CC2)cc1. The summed E-state index contributed by atoms with van der Waals surface area (Å²) in [6.07, 6.45) is 3.01. The molecule has 0 atom stereocenters. The van der Waals surface area contributed by atoms with Crippen LogP contribution in [-0.4, -0.2) is 57.6 Å². The normalized spacial score (nSPS) is 14.6. The maximum Gasteiger partial charge on any atom is 0.244 e. The summed E-state index contributed by atoms with van der Waals surface area (Å²) >= 11 is 5.96. The van der Waals surface area contributed by atoms with E-state index in [0.717, 1.165) is 28.6 Å². The topological polar surface area (TPSA) is 81.2 Å². The molecule has 0 saturated carbocycles. The third-order valence-corrected chi connectivity index (χ3v) is 7.84. The molecule has 3 aromatic rings. The monoisotopic (exact) mass is 531 g/mol. The van der Waals surface area contributed by atoms with Gasteiger partial charge in [0.25, 0.3) is 0 Å². The van der Waals surface area contributed by atoms with E-state index >= 15 is 0 Å². The van der Waals surface area contributed by atoms with Gasteiger partial charge < -0.3 is 19.1 Å². The molecule has 0 aliphatic carbocycles. The molecule has 2 heterocycles. The number of benzene rings is 2. The minimum Gasteiger partial charge on any atom is -0.494 e. The number of rotatable bonds is 9. The molecule has 1 saturated heterocycles. The van der Waals surface area contributed by atoms with Crippen molar-refractivity contribution < 1.29 is 22.6 Å². The summed E-state index contributed by atoms with van der Waals surface area (Å²) in [7, 11) is -0.701. The van der Waals surface area contributed by atoms with Crippen LogP contribution < -0.4 is 19.1 Å². The number of anilines is 1. The fourth-order valence-corrected chi connectivity index (χ4v) is 4.86. The van der Waals surface area contributed by atoms with E-state index in [-0.39, 0.29) is 11.0 Å². The van der Waals surface area contributed by atoms with E-state index < -0.39 is 10.0 Å². The summed E-state index contributed by atoms with van der Waals surface area (Å²) in [5.41, 5.74) is 0. The van der Waals surface area contributed by atoms with Crippen LogP contribution in [0.5, 0.6) is 23.0 Å². The van der Waals surface area contributed by atoms with Crippen molar-refractivity contribution in [3.05, 3.63) is 65.8 Å². The third-order valence-electron chi connectivity index (χ3n) is 5.81. The molecule has 1 aliphatic rings. The molecule has 1 aliphatic heterocycles. The van der Waals surface area contributed by atoms with E-state index in [2.05, 4.69) is 9.88 Å². The number of pyridine rings is 1. The van der Waals surface area contributed by atoms with Crippen molar-refractivity contribution in [2.45, 2.75) is 30.8 Å². The van der Waals surface area contributed by atoms with E-state index in [1.54, 1.807) is 12.1 Å². The van der Waals surface area contributed by atoms with Gasteiger partial charge in [0.05, 0.1) is 6.61 Å². The lowest BCUT2D eigenvalue weighted by atomic mass is 10.1. The van der Waals surface area contributed by atoms with Crippen LogP contribution in [0, 0.1) is 0 Å². The molecule has 192 valence electrons. The average molecular weight is 532 g/mol. The van der Waals surface area contributed by atoms with Gasteiger partial charge in [-0.15, -0.1) is 0 Å². The van der Waals surface area contributed by atoms with Crippen LogP contribution in [0.4, 0.5) is 5.82 Å². The van der Waals surface area contributed by atoms with Crippen LogP contribution in [0.2, 0.25) is 5.02 Å². The van der Waals surface area contributed by atoms with Crippen molar-refractivity contribution in [2.24, 2.45) is 0 Å². The van der Waals surface area contributed by atoms with E-state index in [1.165, 1.54) is 26.4 Å². The standard InChI is InChI=1S/C26H30ClN3O5S/c1-4-33-20-9-11-22(12-10-20)35-25-17-24(36(31,32)29(2)3)18-28-26(25)30-15-13-23(14-16-30)34-21-7-5-19(27)6-8-21/h5-12,17-18,23H,4,13-16H2,1-3H3. The van der Waals surface area contributed by atoms with Crippen molar-refractivity contribution in [3.63, 3.8) is 0 Å². The lowest BCUT2D eigenvalue weighted by Crippen LogP contribution is -2.39. The van der Waals surface area contributed by atoms with E-state index in [9.17, 15) is 8.42 Å². The van der Waals surface area contributed by atoms with Crippen molar-refractivity contribution in [3.8, 4) is 23.0 Å². The first-order chi connectivity index (χ1) is 17.3. The molecule has 0 bridgehead atoms. The Balaban J connectivity index is 1.54. The van der Waals surface area contributed by atoms with Crippen LogP contribution in [0.25, 0.3) is 0 Å². The molecule has 0 amide bonds. The molecular formula is C26H30ClN3O5S. The highest BCUT2D eigenvalue weighted by Crippen LogP contribution is 2.35. The Hall–Kier alpha value is -3.01. The minimum absolute atomic E-state index is 0.0614.